The number of ether oxygens (including phenoxy) is 1. The molecule has 3 N–H and O–H groups in total. The van der Waals surface area contributed by atoms with Gasteiger partial charge in [-0.05, 0) is 38.2 Å². The van der Waals surface area contributed by atoms with Crippen molar-refractivity contribution in [2.45, 2.75) is 82.3 Å². The van der Waals surface area contributed by atoms with E-state index in [2.05, 4.69) is 26.2 Å². The van der Waals surface area contributed by atoms with Crippen LogP contribution in [0.1, 0.15) is 64.2 Å². The highest BCUT2D eigenvalue weighted by molar-refractivity contribution is 5.43. The lowest BCUT2D eigenvalue weighted by Gasteiger charge is -2.37. The zero-order valence-corrected chi connectivity index (χ0v) is 18.5. The second-order valence-corrected chi connectivity index (χ2v) is 9.14. The van der Waals surface area contributed by atoms with Crippen molar-refractivity contribution in [3.05, 3.63) is 12.3 Å². The molecule has 0 spiro atoms. The Hall–Kier alpha value is -1.44. The van der Waals surface area contributed by atoms with Gasteiger partial charge in [-0.3, -0.25) is 4.90 Å². The third-order valence-corrected chi connectivity index (χ3v) is 7.07. The number of nitrogens with zero attached hydrogens (tertiary/aromatic N) is 4. The summed E-state index contributed by atoms with van der Waals surface area (Å²) in [7, 11) is 0. The third kappa shape index (κ3) is 5.62. The molecule has 30 heavy (non-hydrogen) atoms. The molecule has 2 saturated heterocycles. The van der Waals surface area contributed by atoms with Crippen LogP contribution in [0.5, 0.6) is 0 Å². The molecule has 2 atom stereocenters. The molecule has 3 heterocycles. The van der Waals surface area contributed by atoms with Gasteiger partial charge in [0, 0.05) is 44.5 Å². The van der Waals surface area contributed by atoms with E-state index >= 15 is 0 Å². The Morgan fingerprint density at radius 3 is 2.53 bits per heavy atom. The highest BCUT2D eigenvalue weighted by Gasteiger charge is 2.38. The number of aromatic nitrogens is 2. The number of hydrogen-bond acceptors (Lipinski definition) is 7. The van der Waals surface area contributed by atoms with Crippen LogP contribution in [0.2, 0.25) is 0 Å². The topological polar surface area (TPSA) is 79.5 Å². The van der Waals surface area contributed by atoms with Gasteiger partial charge in [0.05, 0.1) is 19.3 Å². The maximum Gasteiger partial charge on any atom is 0.224 e. The van der Waals surface area contributed by atoms with E-state index in [1.165, 1.54) is 57.8 Å². The number of rotatable bonds is 8. The Labute approximate surface area is 181 Å². The van der Waals surface area contributed by atoms with Crippen LogP contribution < -0.4 is 16.0 Å². The zero-order valence-electron chi connectivity index (χ0n) is 18.5. The quantitative estimate of drug-likeness (QED) is 0.631. The van der Waals surface area contributed by atoms with Gasteiger partial charge in [0.25, 0.3) is 0 Å². The second-order valence-electron chi connectivity index (χ2n) is 9.14. The van der Waals surface area contributed by atoms with Crippen LogP contribution in [-0.4, -0.2) is 72.4 Å². The summed E-state index contributed by atoms with van der Waals surface area (Å²) in [4.78, 5) is 14.6. The lowest BCUT2D eigenvalue weighted by Crippen LogP contribution is -2.48. The van der Waals surface area contributed by atoms with E-state index in [0.717, 1.165) is 44.4 Å². The summed E-state index contributed by atoms with van der Waals surface area (Å²) >= 11 is 0. The summed E-state index contributed by atoms with van der Waals surface area (Å²) in [5.41, 5.74) is 5.67. The molecular formula is C23H40N6O. The fraction of sp³-hybridized carbons (Fsp3) is 0.826. The molecule has 0 amide bonds. The summed E-state index contributed by atoms with van der Waals surface area (Å²) in [6.45, 7) is 5.27. The number of likely N-dealkylation sites (tertiary alicyclic amines) is 1. The standard InChI is InChI=1S/C23H40N6O/c24-12-17-30-18-21-20(11-16-29(21)19-8-4-3-5-9-19)26-23-25-13-10-22(27-23)28-14-6-1-2-7-15-28/h10,13,19-21H,1-9,11-12,14-18,24H2,(H,25,26,27). The van der Waals surface area contributed by atoms with E-state index in [1.807, 2.05) is 6.20 Å². The number of nitrogens with one attached hydrogen (secondary N) is 1. The molecule has 1 saturated carbocycles. The highest BCUT2D eigenvalue weighted by Crippen LogP contribution is 2.31. The third-order valence-electron chi connectivity index (χ3n) is 7.07. The van der Waals surface area contributed by atoms with Crippen LogP contribution in [0.25, 0.3) is 0 Å². The summed E-state index contributed by atoms with van der Waals surface area (Å²) < 4.78 is 5.93. The molecule has 0 bridgehead atoms. The SMILES string of the molecule is NCCOCC1C(Nc2nccc(N3CCCCCC3)n2)CCN1C1CCCCC1. The molecule has 3 fully saturated rings. The van der Waals surface area contributed by atoms with E-state index in [0.29, 0.717) is 31.3 Å². The van der Waals surface area contributed by atoms with Crippen LogP contribution >= 0.6 is 0 Å². The molecule has 2 aliphatic heterocycles. The molecule has 0 radical (unpaired) electrons. The second kappa shape index (κ2) is 11.3. The monoisotopic (exact) mass is 416 g/mol. The fourth-order valence-electron chi connectivity index (χ4n) is 5.47. The van der Waals surface area contributed by atoms with Gasteiger partial charge in [-0.2, -0.15) is 4.98 Å². The zero-order chi connectivity index (χ0) is 20.6. The number of nitrogens with two attached hydrogens (primary N) is 1. The van der Waals surface area contributed by atoms with Gasteiger partial charge in [0.15, 0.2) is 0 Å². The largest absolute Gasteiger partial charge is 0.378 e. The van der Waals surface area contributed by atoms with Crippen LogP contribution in [0.3, 0.4) is 0 Å². The molecule has 7 heteroatoms. The molecule has 2 unspecified atom stereocenters. The van der Waals surface area contributed by atoms with Crippen LogP contribution in [0, 0.1) is 0 Å². The Balaban J connectivity index is 1.43. The van der Waals surface area contributed by atoms with Crippen molar-refractivity contribution in [2.75, 3.05) is 49.6 Å². The lowest BCUT2D eigenvalue weighted by atomic mass is 9.93. The van der Waals surface area contributed by atoms with Crippen LogP contribution in [0.15, 0.2) is 12.3 Å². The first-order valence-electron chi connectivity index (χ1n) is 12.2. The average molecular weight is 417 g/mol. The van der Waals surface area contributed by atoms with Crippen molar-refractivity contribution in [3.8, 4) is 0 Å². The van der Waals surface area contributed by atoms with Crippen molar-refractivity contribution in [1.29, 1.82) is 0 Å². The first-order valence-corrected chi connectivity index (χ1v) is 12.2. The summed E-state index contributed by atoms with van der Waals surface area (Å²) in [5, 5.41) is 3.68. The number of anilines is 2. The van der Waals surface area contributed by atoms with Gasteiger partial charge in [-0.15, -0.1) is 0 Å². The minimum Gasteiger partial charge on any atom is -0.378 e. The molecule has 7 nitrogen and oxygen atoms in total. The van der Waals surface area contributed by atoms with E-state index in [-0.39, 0.29) is 0 Å². The smallest absolute Gasteiger partial charge is 0.224 e. The van der Waals surface area contributed by atoms with E-state index in [4.69, 9.17) is 15.5 Å². The molecule has 3 aliphatic rings. The maximum absolute atomic E-state index is 5.93. The van der Waals surface area contributed by atoms with Gasteiger partial charge < -0.3 is 20.7 Å². The van der Waals surface area contributed by atoms with Gasteiger partial charge in [-0.1, -0.05) is 32.1 Å². The van der Waals surface area contributed by atoms with Crippen LogP contribution in [0.4, 0.5) is 11.8 Å². The van der Waals surface area contributed by atoms with Crippen molar-refractivity contribution in [3.63, 3.8) is 0 Å². The van der Waals surface area contributed by atoms with E-state index < -0.39 is 0 Å². The Bertz CT molecular complexity index is 630. The van der Waals surface area contributed by atoms with Crippen molar-refractivity contribution in [1.82, 2.24) is 14.9 Å². The van der Waals surface area contributed by atoms with Crippen molar-refractivity contribution >= 4 is 11.8 Å². The predicted molar refractivity (Wildman–Crippen MR) is 122 cm³/mol. The molecule has 0 aromatic carbocycles. The normalized spacial score (nSPS) is 26.6. The molecule has 1 aliphatic carbocycles. The minimum absolute atomic E-state index is 0.323. The van der Waals surface area contributed by atoms with Crippen molar-refractivity contribution in [2.24, 2.45) is 5.73 Å². The Morgan fingerprint density at radius 2 is 1.77 bits per heavy atom. The summed E-state index contributed by atoms with van der Waals surface area (Å²) in [5.74, 6) is 1.82. The first-order chi connectivity index (χ1) is 14.8. The molecule has 4 rings (SSSR count). The fourth-order valence-corrected chi connectivity index (χ4v) is 5.47. The highest BCUT2D eigenvalue weighted by atomic mass is 16.5. The molecule has 1 aromatic heterocycles. The Kier molecular flexibility index (Phi) is 8.17. The summed E-state index contributed by atoms with van der Waals surface area (Å²) in [6, 6.07) is 3.44. The predicted octanol–water partition coefficient (Wildman–Crippen LogP) is 3.02. The van der Waals surface area contributed by atoms with Gasteiger partial charge in [0.1, 0.15) is 5.82 Å². The molecular weight excluding hydrogens is 376 g/mol. The minimum atomic E-state index is 0.323. The van der Waals surface area contributed by atoms with E-state index in [9.17, 15) is 0 Å². The van der Waals surface area contributed by atoms with Gasteiger partial charge >= 0.3 is 0 Å². The average Bonchev–Trinajstić information content (AvgIpc) is 2.99. The van der Waals surface area contributed by atoms with Crippen molar-refractivity contribution < 1.29 is 4.74 Å². The lowest BCUT2D eigenvalue weighted by molar-refractivity contribution is 0.0508. The summed E-state index contributed by atoms with van der Waals surface area (Å²) in [6.07, 6.45) is 14.9. The van der Waals surface area contributed by atoms with E-state index in [1.54, 1.807) is 0 Å². The molecule has 168 valence electrons. The van der Waals surface area contributed by atoms with Crippen LogP contribution in [-0.2, 0) is 4.74 Å². The first kappa shape index (κ1) is 21.8. The Morgan fingerprint density at radius 1 is 1.00 bits per heavy atom. The maximum atomic E-state index is 5.93. The van der Waals surface area contributed by atoms with Gasteiger partial charge in [-0.25, -0.2) is 4.98 Å². The van der Waals surface area contributed by atoms with Gasteiger partial charge in [0.2, 0.25) is 5.95 Å². The number of hydrogen-bond donors (Lipinski definition) is 2. The molecule has 1 aromatic rings.